The molecule has 2 aliphatic rings. The predicted molar refractivity (Wildman–Crippen MR) is 108 cm³/mol. The highest BCUT2D eigenvalue weighted by Gasteiger charge is 2.27. The van der Waals surface area contributed by atoms with Crippen molar-refractivity contribution in [2.75, 3.05) is 26.2 Å². The number of carbonyl (C=O) groups excluding carboxylic acids is 2. The lowest BCUT2D eigenvalue weighted by atomic mass is 9.97. The Bertz CT molecular complexity index is 856. The number of imidazole rings is 1. The summed E-state index contributed by atoms with van der Waals surface area (Å²) in [4.78, 5) is 31.6. The molecule has 0 radical (unpaired) electrons. The summed E-state index contributed by atoms with van der Waals surface area (Å²) in [5.74, 6) is 1.41. The number of carbonyl (C=O) groups is 2. The summed E-state index contributed by atoms with van der Waals surface area (Å²) < 4.78 is 1.99. The van der Waals surface area contributed by atoms with Crippen LogP contribution in [0.5, 0.6) is 0 Å². The van der Waals surface area contributed by atoms with Gasteiger partial charge in [0.05, 0.1) is 17.1 Å². The van der Waals surface area contributed by atoms with E-state index in [0.717, 1.165) is 55.6 Å². The molecule has 1 aromatic heterocycles. The second kappa shape index (κ2) is 8.31. The van der Waals surface area contributed by atoms with Crippen molar-refractivity contribution < 1.29 is 9.59 Å². The molecule has 7 heteroatoms. The summed E-state index contributed by atoms with van der Waals surface area (Å²) in [5, 5.41) is 6.31. The molecule has 2 unspecified atom stereocenters. The topological polar surface area (TPSA) is 79.3 Å². The Balaban J connectivity index is 1.34. The van der Waals surface area contributed by atoms with Crippen LogP contribution in [-0.4, -0.2) is 58.5 Å². The van der Waals surface area contributed by atoms with Crippen molar-refractivity contribution in [1.29, 1.82) is 0 Å². The second-order valence-corrected chi connectivity index (χ2v) is 7.98. The zero-order chi connectivity index (χ0) is 19.5. The van der Waals surface area contributed by atoms with Gasteiger partial charge >= 0.3 is 0 Å². The van der Waals surface area contributed by atoms with Crippen LogP contribution < -0.4 is 10.6 Å². The summed E-state index contributed by atoms with van der Waals surface area (Å²) in [7, 11) is 0. The number of hydrogen-bond acceptors (Lipinski definition) is 4. The number of hydrogen-bond donors (Lipinski definition) is 2. The van der Waals surface area contributed by atoms with Crippen molar-refractivity contribution in [1.82, 2.24) is 25.1 Å². The molecule has 2 fully saturated rings. The molecule has 28 heavy (non-hydrogen) atoms. The van der Waals surface area contributed by atoms with Crippen LogP contribution in [0, 0.1) is 12.8 Å². The van der Waals surface area contributed by atoms with Gasteiger partial charge in [0.15, 0.2) is 0 Å². The average molecular weight is 383 g/mol. The number of likely N-dealkylation sites (tertiary alicyclic amines) is 1. The first-order valence-electron chi connectivity index (χ1n) is 10.3. The molecular weight excluding hydrogens is 354 g/mol. The van der Waals surface area contributed by atoms with Crippen molar-refractivity contribution >= 4 is 22.8 Å². The number of piperidine rings is 1. The summed E-state index contributed by atoms with van der Waals surface area (Å²) in [6.07, 6.45) is 4.01. The SMILES string of the molecule is Cc1nc2ccccc2n1CC(=O)N1CCCC(CNC(=O)C2CCCN2)C1. The minimum atomic E-state index is -0.0428. The van der Waals surface area contributed by atoms with Gasteiger partial charge in [-0.25, -0.2) is 4.98 Å². The van der Waals surface area contributed by atoms with Gasteiger partial charge < -0.3 is 20.1 Å². The fourth-order valence-electron chi connectivity index (χ4n) is 4.37. The maximum absolute atomic E-state index is 12.9. The van der Waals surface area contributed by atoms with E-state index in [-0.39, 0.29) is 17.9 Å². The standard InChI is InChI=1S/C21H29N5O2/c1-15-24-17-7-2-3-9-19(17)26(15)14-20(27)25-11-5-6-16(13-25)12-23-21(28)18-8-4-10-22-18/h2-3,7,9,16,18,22H,4-6,8,10-14H2,1H3,(H,23,28). The van der Waals surface area contributed by atoms with Gasteiger partial charge in [-0.3, -0.25) is 9.59 Å². The Labute approximate surface area is 165 Å². The number of aryl methyl sites for hydroxylation is 1. The van der Waals surface area contributed by atoms with Gasteiger partial charge in [-0.15, -0.1) is 0 Å². The second-order valence-electron chi connectivity index (χ2n) is 7.98. The third-order valence-electron chi connectivity index (χ3n) is 5.95. The lowest BCUT2D eigenvalue weighted by Gasteiger charge is -2.33. The Kier molecular flexibility index (Phi) is 5.62. The fourth-order valence-corrected chi connectivity index (χ4v) is 4.37. The van der Waals surface area contributed by atoms with Crippen LogP contribution in [0.3, 0.4) is 0 Å². The highest BCUT2D eigenvalue weighted by Crippen LogP contribution is 2.19. The number of para-hydroxylation sites is 2. The number of fused-ring (bicyclic) bond motifs is 1. The first kappa shape index (κ1) is 18.9. The minimum absolute atomic E-state index is 0.0428. The van der Waals surface area contributed by atoms with Crippen LogP contribution in [0.2, 0.25) is 0 Å². The first-order chi connectivity index (χ1) is 13.6. The third-order valence-corrected chi connectivity index (χ3v) is 5.95. The number of nitrogens with one attached hydrogen (secondary N) is 2. The van der Waals surface area contributed by atoms with E-state index in [0.29, 0.717) is 25.6 Å². The van der Waals surface area contributed by atoms with Gasteiger partial charge in [0.1, 0.15) is 12.4 Å². The van der Waals surface area contributed by atoms with Crippen LogP contribution in [0.25, 0.3) is 11.0 Å². The summed E-state index contributed by atoms with van der Waals surface area (Å²) >= 11 is 0. The molecule has 0 saturated carbocycles. The van der Waals surface area contributed by atoms with E-state index in [2.05, 4.69) is 15.6 Å². The number of rotatable bonds is 5. The normalized spacial score (nSPS) is 22.5. The molecule has 3 heterocycles. The van der Waals surface area contributed by atoms with Crippen molar-refractivity contribution in [3.63, 3.8) is 0 Å². The molecule has 1 aromatic carbocycles. The van der Waals surface area contributed by atoms with E-state index >= 15 is 0 Å². The van der Waals surface area contributed by atoms with Gasteiger partial charge in [-0.2, -0.15) is 0 Å². The number of nitrogens with zero attached hydrogens (tertiary/aromatic N) is 3. The maximum Gasteiger partial charge on any atom is 0.242 e. The van der Waals surface area contributed by atoms with E-state index in [4.69, 9.17) is 0 Å². The zero-order valence-corrected chi connectivity index (χ0v) is 16.5. The molecular formula is C21H29N5O2. The molecule has 2 N–H and O–H groups in total. The summed E-state index contributed by atoms with van der Waals surface area (Å²) in [5.41, 5.74) is 1.92. The van der Waals surface area contributed by atoms with Crippen LogP contribution in [0.1, 0.15) is 31.5 Å². The molecule has 2 aliphatic heterocycles. The smallest absolute Gasteiger partial charge is 0.242 e. The molecule has 7 nitrogen and oxygen atoms in total. The van der Waals surface area contributed by atoms with Gasteiger partial charge in [0.2, 0.25) is 11.8 Å². The fraction of sp³-hybridized carbons (Fsp3) is 0.571. The number of benzene rings is 1. The predicted octanol–water partition coefficient (Wildman–Crippen LogP) is 1.45. The van der Waals surface area contributed by atoms with E-state index in [1.54, 1.807) is 0 Å². The molecule has 0 aliphatic carbocycles. The van der Waals surface area contributed by atoms with E-state index in [1.165, 1.54) is 0 Å². The van der Waals surface area contributed by atoms with Gasteiger partial charge in [-0.1, -0.05) is 12.1 Å². The Morgan fingerprint density at radius 2 is 2.11 bits per heavy atom. The lowest BCUT2D eigenvalue weighted by molar-refractivity contribution is -0.133. The first-order valence-corrected chi connectivity index (χ1v) is 10.3. The summed E-state index contributed by atoms with van der Waals surface area (Å²) in [6, 6.07) is 7.88. The van der Waals surface area contributed by atoms with Crippen LogP contribution in [0.4, 0.5) is 0 Å². The van der Waals surface area contributed by atoms with Crippen molar-refractivity contribution in [2.45, 2.75) is 45.2 Å². The molecule has 150 valence electrons. The molecule has 2 amide bonds. The lowest BCUT2D eigenvalue weighted by Crippen LogP contribution is -2.47. The van der Waals surface area contributed by atoms with Crippen LogP contribution in [-0.2, 0) is 16.1 Å². The molecule has 0 bridgehead atoms. The van der Waals surface area contributed by atoms with Crippen molar-refractivity contribution in [2.24, 2.45) is 5.92 Å². The molecule has 2 aromatic rings. The average Bonchev–Trinajstić information content (AvgIpc) is 3.35. The highest BCUT2D eigenvalue weighted by atomic mass is 16.2. The minimum Gasteiger partial charge on any atom is -0.354 e. The van der Waals surface area contributed by atoms with Crippen molar-refractivity contribution in [3.8, 4) is 0 Å². The number of amides is 2. The van der Waals surface area contributed by atoms with Gasteiger partial charge in [0, 0.05) is 19.6 Å². The molecule has 4 rings (SSSR count). The van der Waals surface area contributed by atoms with E-state index in [1.807, 2.05) is 40.7 Å². The van der Waals surface area contributed by atoms with Crippen LogP contribution >= 0.6 is 0 Å². The van der Waals surface area contributed by atoms with Crippen molar-refractivity contribution in [3.05, 3.63) is 30.1 Å². The van der Waals surface area contributed by atoms with E-state index in [9.17, 15) is 9.59 Å². The van der Waals surface area contributed by atoms with E-state index < -0.39 is 0 Å². The molecule has 0 spiro atoms. The highest BCUT2D eigenvalue weighted by molar-refractivity contribution is 5.82. The third kappa shape index (κ3) is 4.04. The van der Waals surface area contributed by atoms with Crippen LogP contribution in [0.15, 0.2) is 24.3 Å². The Morgan fingerprint density at radius 3 is 2.93 bits per heavy atom. The zero-order valence-electron chi connectivity index (χ0n) is 16.5. The Hall–Kier alpha value is -2.41. The van der Waals surface area contributed by atoms with Gasteiger partial charge in [0.25, 0.3) is 0 Å². The maximum atomic E-state index is 12.9. The monoisotopic (exact) mass is 383 g/mol. The summed E-state index contributed by atoms with van der Waals surface area (Å²) in [6.45, 7) is 5.33. The largest absolute Gasteiger partial charge is 0.354 e. The molecule has 2 atom stereocenters. The van der Waals surface area contributed by atoms with Gasteiger partial charge in [-0.05, 0) is 57.2 Å². The number of aromatic nitrogens is 2. The Morgan fingerprint density at radius 1 is 1.25 bits per heavy atom. The molecule has 2 saturated heterocycles. The quantitative estimate of drug-likeness (QED) is 0.819.